The van der Waals surface area contributed by atoms with Gasteiger partial charge in [0.25, 0.3) is 0 Å². The van der Waals surface area contributed by atoms with E-state index in [1.807, 2.05) is 19.9 Å². The lowest BCUT2D eigenvalue weighted by Crippen LogP contribution is -2.30. The molecule has 0 fully saturated rings. The second kappa shape index (κ2) is 3.90. The minimum atomic E-state index is -0.345. The second-order valence-electron chi connectivity index (χ2n) is 2.14. The summed E-state index contributed by atoms with van der Waals surface area (Å²) in [6, 6.07) is 1.62. The average molecular weight is 126 g/mol. The first-order valence-electron chi connectivity index (χ1n) is 2.81. The van der Waals surface area contributed by atoms with Gasteiger partial charge in [-0.25, -0.2) is 0 Å². The highest BCUT2D eigenvalue weighted by atomic mass is 16.1. The summed E-state index contributed by atoms with van der Waals surface area (Å²) in [6.45, 7) is 3.76. The van der Waals surface area contributed by atoms with E-state index in [4.69, 9.17) is 5.26 Å². The van der Waals surface area contributed by atoms with E-state index < -0.39 is 0 Å². The van der Waals surface area contributed by atoms with Crippen molar-refractivity contribution < 1.29 is 4.79 Å². The summed E-state index contributed by atoms with van der Waals surface area (Å²) in [4.78, 5) is 9.82. The molecule has 0 saturated heterocycles. The van der Waals surface area contributed by atoms with Gasteiger partial charge in [-0.1, -0.05) is 13.8 Å². The Kier molecular flexibility index (Phi) is 3.45. The van der Waals surface area contributed by atoms with Crippen LogP contribution in [-0.2, 0) is 4.79 Å². The molecule has 9 heavy (non-hydrogen) atoms. The van der Waals surface area contributed by atoms with E-state index in [1.165, 1.54) is 0 Å². The van der Waals surface area contributed by atoms with E-state index in [0.29, 0.717) is 6.41 Å². The van der Waals surface area contributed by atoms with Gasteiger partial charge in [-0.3, -0.25) is 4.79 Å². The summed E-state index contributed by atoms with van der Waals surface area (Å²) in [6.07, 6.45) is 0.549. The number of carbonyl (C=O) groups excluding carboxylic acids is 1. The summed E-state index contributed by atoms with van der Waals surface area (Å²) in [5.74, 6) is 0.181. The minimum Gasteiger partial charge on any atom is -0.343 e. The molecule has 0 rings (SSSR count). The van der Waals surface area contributed by atoms with Crippen LogP contribution in [0.1, 0.15) is 13.8 Å². The van der Waals surface area contributed by atoms with Crippen LogP contribution in [0.25, 0.3) is 0 Å². The molecule has 0 radical (unpaired) electrons. The summed E-state index contributed by atoms with van der Waals surface area (Å²) >= 11 is 0. The van der Waals surface area contributed by atoms with E-state index in [2.05, 4.69) is 5.32 Å². The van der Waals surface area contributed by atoms with Crippen LogP contribution in [0.15, 0.2) is 0 Å². The molecule has 0 aromatic heterocycles. The Labute approximate surface area is 54.7 Å². The van der Waals surface area contributed by atoms with Gasteiger partial charge in [0, 0.05) is 0 Å². The molecule has 3 heteroatoms. The van der Waals surface area contributed by atoms with Crippen LogP contribution in [0.3, 0.4) is 0 Å². The Bertz CT molecular complexity index is 126. The maximum absolute atomic E-state index is 9.82. The van der Waals surface area contributed by atoms with Crippen LogP contribution in [0.5, 0.6) is 0 Å². The lowest BCUT2D eigenvalue weighted by Gasteiger charge is -2.09. The molecular formula is C6H10N2O. The SMILES string of the molecule is CC(C)[C@@H](C#N)NC=O. The number of hydrogen-bond acceptors (Lipinski definition) is 2. The van der Waals surface area contributed by atoms with Crippen molar-refractivity contribution in [3.63, 3.8) is 0 Å². The molecule has 0 aliphatic rings. The molecule has 0 unspecified atom stereocenters. The van der Waals surface area contributed by atoms with E-state index in [1.54, 1.807) is 0 Å². The molecule has 1 amide bonds. The van der Waals surface area contributed by atoms with Gasteiger partial charge in [-0.15, -0.1) is 0 Å². The van der Waals surface area contributed by atoms with E-state index in [0.717, 1.165) is 0 Å². The third-order valence-corrected chi connectivity index (χ3v) is 1.05. The van der Waals surface area contributed by atoms with Crippen LogP contribution in [0, 0.1) is 17.2 Å². The lowest BCUT2D eigenvalue weighted by atomic mass is 10.1. The van der Waals surface area contributed by atoms with Crippen molar-refractivity contribution in [3.05, 3.63) is 0 Å². The molecule has 0 aliphatic carbocycles. The monoisotopic (exact) mass is 126 g/mol. The van der Waals surface area contributed by atoms with E-state index >= 15 is 0 Å². The molecule has 3 nitrogen and oxygen atoms in total. The third-order valence-electron chi connectivity index (χ3n) is 1.05. The first-order chi connectivity index (χ1) is 4.22. The van der Waals surface area contributed by atoms with E-state index in [9.17, 15) is 4.79 Å². The Balaban J connectivity index is 3.71. The largest absolute Gasteiger partial charge is 0.343 e. The highest BCUT2D eigenvalue weighted by molar-refractivity contribution is 5.47. The molecule has 0 aromatic rings. The van der Waals surface area contributed by atoms with Crippen molar-refractivity contribution >= 4 is 6.41 Å². The highest BCUT2D eigenvalue weighted by Gasteiger charge is 2.08. The number of nitrogens with one attached hydrogen (secondary N) is 1. The van der Waals surface area contributed by atoms with Gasteiger partial charge in [-0.2, -0.15) is 5.26 Å². The molecule has 0 spiro atoms. The summed E-state index contributed by atoms with van der Waals surface area (Å²) in [5, 5.41) is 10.7. The van der Waals surface area contributed by atoms with E-state index in [-0.39, 0.29) is 12.0 Å². The Hall–Kier alpha value is -1.04. The Morgan fingerprint density at radius 3 is 2.33 bits per heavy atom. The predicted molar refractivity (Wildman–Crippen MR) is 33.4 cm³/mol. The fourth-order valence-corrected chi connectivity index (χ4v) is 0.452. The standard InChI is InChI=1S/C6H10N2O/c1-5(2)6(3-7)8-4-9/h4-6H,1-2H3,(H,8,9)/t6-/m1/s1. The van der Waals surface area contributed by atoms with Crippen LogP contribution in [0.2, 0.25) is 0 Å². The van der Waals surface area contributed by atoms with Gasteiger partial charge in [0.2, 0.25) is 6.41 Å². The highest BCUT2D eigenvalue weighted by Crippen LogP contribution is 1.97. The Morgan fingerprint density at radius 1 is 1.67 bits per heavy atom. The fourth-order valence-electron chi connectivity index (χ4n) is 0.452. The van der Waals surface area contributed by atoms with Crippen molar-refractivity contribution in [2.75, 3.05) is 0 Å². The van der Waals surface area contributed by atoms with Crippen molar-refractivity contribution in [3.8, 4) is 6.07 Å². The minimum absolute atomic E-state index is 0.181. The number of rotatable bonds is 3. The van der Waals surface area contributed by atoms with Crippen LogP contribution >= 0.6 is 0 Å². The first kappa shape index (κ1) is 7.96. The van der Waals surface area contributed by atoms with Crippen LogP contribution in [0.4, 0.5) is 0 Å². The molecule has 50 valence electrons. The van der Waals surface area contributed by atoms with Crippen molar-refractivity contribution in [2.45, 2.75) is 19.9 Å². The van der Waals surface area contributed by atoms with Crippen LogP contribution in [-0.4, -0.2) is 12.5 Å². The topological polar surface area (TPSA) is 52.9 Å². The number of nitrogens with zero attached hydrogens (tertiary/aromatic N) is 1. The van der Waals surface area contributed by atoms with Gasteiger partial charge in [0.1, 0.15) is 6.04 Å². The number of nitriles is 1. The fraction of sp³-hybridized carbons (Fsp3) is 0.667. The average Bonchev–Trinajstić information content (AvgIpc) is 1.82. The second-order valence-corrected chi connectivity index (χ2v) is 2.14. The van der Waals surface area contributed by atoms with Crippen molar-refractivity contribution in [1.82, 2.24) is 5.32 Å². The molecule has 0 heterocycles. The zero-order valence-corrected chi connectivity index (χ0v) is 5.59. The van der Waals surface area contributed by atoms with Gasteiger partial charge >= 0.3 is 0 Å². The van der Waals surface area contributed by atoms with Crippen molar-refractivity contribution in [1.29, 1.82) is 5.26 Å². The molecule has 0 bridgehead atoms. The van der Waals surface area contributed by atoms with Crippen molar-refractivity contribution in [2.24, 2.45) is 5.92 Å². The van der Waals surface area contributed by atoms with Gasteiger partial charge in [0.05, 0.1) is 6.07 Å². The third kappa shape index (κ3) is 2.70. The Morgan fingerprint density at radius 2 is 2.22 bits per heavy atom. The summed E-state index contributed by atoms with van der Waals surface area (Å²) < 4.78 is 0. The zero-order chi connectivity index (χ0) is 7.28. The molecule has 0 aliphatic heterocycles. The number of hydrogen-bond donors (Lipinski definition) is 1. The maximum atomic E-state index is 9.82. The smallest absolute Gasteiger partial charge is 0.208 e. The van der Waals surface area contributed by atoms with Gasteiger partial charge < -0.3 is 5.32 Å². The molecule has 0 aromatic carbocycles. The molecule has 0 saturated carbocycles. The number of amides is 1. The quantitative estimate of drug-likeness (QED) is 0.552. The summed E-state index contributed by atoms with van der Waals surface area (Å²) in [7, 11) is 0. The molecular weight excluding hydrogens is 116 g/mol. The van der Waals surface area contributed by atoms with Gasteiger partial charge in [0.15, 0.2) is 0 Å². The predicted octanol–water partition coefficient (Wildman–Crippen LogP) is 0.281. The molecule has 1 atom stereocenters. The van der Waals surface area contributed by atoms with Crippen LogP contribution < -0.4 is 5.32 Å². The number of carbonyl (C=O) groups is 1. The van der Waals surface area contributed by atoms with Gasteiger partial charge in [-0.05, 0) is 5.92 Å². The normalized spacial score (nSPS) is 12.2. The zero-order valence-electron chi connectivity index (χ0n) is 5.59. The summed E-state index contributed by atoms with van der Waals surface area (Å²) in [5.41, 5.74) is 0. The maximum Gasteiger partial charge on any atom is 0.208 e. The lowest BCUT2D eigenvalue weighted by molar-refractivity contribution is -0.110. The molecule has 1 N–H and O–H groups in total. The first-order valence-corrected chi connectivity index (χ1v) is 2.81.